The van der Waals surface area contributed by atoms with Crippen molar-refractivity contribution >= 4 is 5.96 Å². The molecule has 0 aliphatic heterocycles. The summed E-state index contributed by atoms with van der Waals surface area (Å²) >= 11 is 0. The van der Waals surface area contributed by atoms with Crippen molar-refractivity contribution in [2.45, 2.75) is 26.5 Å². The van der Waals surface area contributed by atoms with Crippen LogP contribution in [0.4, 0.5) is 0 Å². The average molecular weight is 301 g/mol. The van der Waals surface area contributed by atoms with Gasteiger partial charge >= 0.3 is 0 Å². The van der Waals surface area contributed by atoms with Crippen LogP contribution in [0.2, 0.25) is 0 Å². The van der Waals surface area contributed by atoms with E-state index >= 15 is 0 Å². The molecule has 0 saturated heterocycles. The topological polar surface area (TPSA) is 69.8 Å². The number of guanidine groups is 1. The van der Waals surface area contributed by atoms with Crippen molar-refractivity contribution in [3.8, 4) is 0 Å². The molecule has 118 valence electrons. The summed E-state index contributed by atoms with van der Waals surface area (Å²) in [5, 5.41) is 16.3. The Bertz CT molecular complexity index is 594. The molecule has 0 fully saturated rings. The molecule has 1 atom stereocenters. The van der Waals surface area contributed by atoms with Crippen molar-refractivity contribution in [2.75, 3.05) is 13.1 Å². The molecule has 0 saturated carbocycles. The first-order chi connectivity index (χ1) is 10.7. The Kier molecular flexibility index (Phi) is 6.03. The maximum Gasteiger partial charge on any atom is 0.191 e. The molecule has 0 aliphatic rings. The molecular weight excluding hydrogens is 278 g/mol. The Morgan fingerprint density at radius 3 is 2.73 bits per heavy atom. The summed E-state index contributed by atoms with van der Waals surface area (Å²) in [5.41, 5.74) is 2.41. The lowest BCUT2D eigenvalue weighted by atomic mass is 10.1. The van der Waals surface area contributed by atoms with E-state index in [0.717, 1.165) is 6.54 Å². The van der Waals surface area contributed by atoms with Crippen LogP contribution in [0.15, 0.2) is 52.1 Å². The molecule has 0 bridgehead atoms. The van der Waals surface area contributed by atoms with Crippen molar-refractivity contribution in [1.82, 2.24) is 10.6 Å². The lowest BCUT2D eigenvalue weighted by Gasteiger charge is -2.14. The van der Waals surface area contributed by atoms with E-state index in [1.54, 1.807) is 18.4 Å². The second-order valence-corrected chi connectivity index (χ2v) is 5.03. The van der Waals surface area contributed by atoms with Crippen LogP contribution in [0.25, 0.3) is 0 Å². The fraction of sp³-hybridized carbons (Fsp3) is 0.353. The van der Waals surface area contributed by atoms with Crippen LogP contribution in [0.5, 0.6) is 0 Å². The number of aliphatic hydroxyl groups is 1. The third kappa shape index (κ3) is 4.63. The quantitative estimate of drug-likeness (QED) is 0.566. The lowest BCUT2D eigenvalue weighted by molar-refractivity contribution is 0.153. The summed E-state index contributed by atoms with van der Waals surface area (Å²) in [6, 6.07) is 11.7. The maximum atomic E-state index is 10.0. The lowest BCUT2D eigenvalue weighted by Crippen LogP contribution is -2.39. The molecule has 0 spiro atoms. The number of hydrogen-bond donors (Lipinski definition) is 3. The first-order valence-corrected chi connectivity index (χ1v) is 7.49. The van der Waals surface area contributed by atoms with Gasteiger partial charge in [0.15, 0.2) is 5.96 Å². The fourth-order valence-electron chi connectivity index (χ4n) is 2.07. The number of aryl methyl sites for hydroxylation is 1. The zero-order valence-electron chi connectivity index (χ0n) is 13.0. The minimum absolute atomic E-state index is 0.340. The second-order valence-electron chi connectivity index (χ2n) is 5.03. The van der Waals surface area contributed by atoms with Gasteiger partial charge in [-0.3, -0.25) is 0 Å². The first-order valence-electron chi connectivity index (χ1n) is 7.49. The second kappa shape index (κ2) is 8.24. The highest BCUT2D eigenvalue weighted by molar-refractivity contribution is 5.79. The van der Waals surface area contributed by atoms with Crippen LogP contribution in [0.1, 0.15) is 29.9 Å². The Balaban J connectivity index is 1.94. The predicted molar refractivity (Wildman–Crippen MR) is 87.7 cm³/mol. The van der Waals surface area contributed by atoms with E-state index in [9.17, 15) is 5.11 Å². The number of nitrogens with one attached hydrogen (secondary N) is 2. The number of aliphatic hydroxyl groups excluding tert-OH is 1. The molecule has 1 heterocycles. The van der Waals surface area contributed by atoms with Crippen LogP contribution in [-0.2, 0) is 6.54 Å². The van der Waals surface area contributed by atoms with Gasteiger partial charge in [-0.2, -0.15) is 0 Å². The molecule has 1 aromatic carbocycles. The first kappa shape index (κ1) is 16.1. The van der Waals surface area contributed by atoms with Gasteiger partial charge in [0.05, 0.1) is 19.4 Å². The molecule has 5 nitrogen and oxygen atoms in total. The standard InChI is InChI=1S/C17H23N3O2/c1-3-18-17(19-11-14-8-5-4-7-13(14)2)20-12-15(21)16-9-6-10-22-16/h4-10,15,21H,3,11-12H2,1-2H3,(H2,18,19,20). The monoisotopic (exact) mass is 301 g/mol. The van der Waals surface area contributed by atoms with E-state index in [1.807, 2.05) is 19.1 Å². The summed E-state index contributed by atoms with van der Waals surface area (Å²) in [7, 11) is 0. The molecule has 3 N–H and O–H groups in total. The number of furan rings is 1. The van der Waals surface area contributed by atoms with Gasteiger partial charge in [-0.1, -0.05) is 24.3 Å². The number of aliphatic imine (C=N–C) groups is 1. The third-order valence-electron chi connectivity index (χ3n) is 3.35. The third-order valence-corrected chi connectivity index (χ3v) is 3.35. The van der Waals surface area contributed by atoms with Crippen molar-refractivity contribution in [2.24, 2.45) is 4.99 Å². The number of hydrogen-bond acceptors (Lipinski definition) is 3. The van der Waals surface area contributed by atoms with Crippen LogP contribution in [-0.4, -0.2) is 24.2 Å². The Hall–Kier alpha value is -2.27. The van der Waals surface area contributed by atoms with Crippen molar-refractivity contribution < 1.29 is 9.52 Å². The van der Waals surface area contributed by atoms with Gasteiger partial charge in [0.2, 0.25) is 0 Å². The van der Waals surface area contributed by atoms with Gasteiger partial charge in [0, 0.05) is 6.54 Å². The minimum atomic E-state index is -0.697. The average Bonchev–Trinajstić information content (AvgIpc) is 3.05. The van der Waals surface area contributed by atoms with Gasteiger partial charge in [-0.05, 0) is 37.1 Å². The predicted octanol–water partition coefficient (Wildman–Crippen LogP) is 2.38. The van der Waals surface area contributed by atoms with Crippen molar-refractivity contribution in [3.05, 3.63) is 59.5 Å². The van der Waals surface area contributed by atoms with Crippen LogP contribution >= 0.6 is 0 Å². The SMILES string of the molecule is CCNC(=NCc1ccccc1C)NCC(O)c1ccco1. The fourth-order valence-corrected chi connectivity index (χ4v) is 2.07. The highest BCUT2D eigenvalue weighted by Crippen LogP contribution is 2.11. The summed E-state index contributed by atoms with van der Waals surface area (Å²) in [5.74, 6) is 1.22. The van der Waals surface area contributed by atoms with Gasteiger partial charge in [-0.25, -0.2) is 4.99 Å². The van der Waals surface area contributed by atoms with Gasteiger partial charge in [-0.15, -0.1) is 0 Å². The van der Waals surface area contributed by atoms with E-state index < -0.39 is 6.10 Å². The minimum Gasteiger partial charge on any atom is -0.467 e. The Morgan fingerprint density at radius 1 is 1.23 bits per heavy atom. The maximum absolute atomic E-state index is 10.0. The van der Waals surface area contributed by atoms with Crippen LogP contribution in [0.3, 0.4) is 0 Å². The molecule has 1 unspecified atom stereocenters. The molecule has 2 rings (SSSR count). The Morgan fingerprint density at radius 2 is 2.05 bits per heavy atom. The molecule has 5 heteroatoms. The highest BCUT2D eigenvalue weighted by atomic mass is 16.4. The van der Waals surface area contributed by atoms with Crippen molar-refractivity contribution in [1.29, 1.82) is 0 Å². The Labute approximate surface area is 131 Å². The normalized spacial score (nSPS) is 13.0. The molecule has 1 aromatic heterocycles. The molecule has 0 amide bonds. The van der Waals surface area contributed by atoms with Crippen LogP contribution in [0, 0.1) is 6.92 Å². The number of nitrogens with zero attached hydrogens (tertiary/aromatic N) is 1. The number of benzene rings is 1. The summed E-state index contributed by atoms with van der Waals surface area (Å²) < 4.78 is 5.18. The summed E-state index contributed by atoms with van der Waals surface area (Å²) in [6.07, 6.45) is 0.855. The molecule has 0 radical (unpaired) electrons. The van der Waals surface area contributed by atoms with E-state index in [0.29, 0.717) is 24.8 Å². The van der Waals surface area contributed by atoms with E-state index in [2.05, 4.69) is 34.7 Å². The highest BCUT2D eigenvalue weighted by Gasteiger charge is 2.10. The van der Waals surface area contributed by atoms with Gasteiger partial charge in [0.1, 0.15) is 11.9 Å². The zero-order valence-corrected chi connectivity index (χ0v) is 13.0. The largest absolute Gasteiger partial charge is 0.467 e. The molecule has 0 aliphatic carbocycles. The molecular formula is C17H23N3O2. The number of rotatable bonds is 6. The molecule has 22 heavy (non-hydrogen) atoms. The van der Waals surface area contributed by atoms with Crippen molar-refractivity contribution in [3.63, 3.8) is 0 Å². The molecule has 2 aromatic rings. The van der Waals surface area contributed by atoms with E-state index in [-0.39, 0.29) is 0 Å². The van der Waals surface area contributed by atoms with E-state index in [1.165, 1.54) is 11.1 Å². The zero-order chi connectivity index (χ0) is 15.8. The van der Waals surface area contributed by atoms with E-state index in [4.69, 9.17) is 4.42 Å². The summed E-state index contributed by atoms with van der Waals surface area (Å²) in [4.78, 5) is 4.55. The van der Waals surface area contributed by atoms with Gasteiger partial charge < -0.3 is 20.2 Å². The van der Waals surface area contributed by atoms with Crippen LogP contribution < -0.4 is 10.6 Å². The van der Waals surface area contributed by atoms with Gasteiger partial charge in [0.25, 0.3) is 0 Å². The smallest absolute Gasteiger partial charge is 0.191 e. The summed E-state index contributed by atoms with van der Waals surface area (Å²) in [6.45, 7) is 5.78.